The van der Waals surface area contributed by atoms with E-state index in [4.69, 9.17) is 4.98 Å². The lowest BCUT2D eigenvalue weighted by atomic mass is 9.87. The van der Waals surface area contributed by atoms with Crippen LogP contribution in [0.4, 0.5) is 0 Å². The van der Waals surface area contributed by atoms with Crippen molar-refractivity contribution in [3.8, 4) is 33.5 Å². The van der Waals surface area contributed by atoms with Gasteiger partial charge >= 0.3 is 0 Å². The van der Waals surface area contributed by atoms with Gasteiger partial charge in [0.2, 0.25) is 0 Å². The summed E-state index contributed by atoms with van der Waals surface area (Å²) in [5.74, 6) is 0. The number of pyridine rings is 4. The van der Waals surface area contributed by atoms with Gasteiger partial charge in [-0.25, -0.2) is 0 Å². The summed E-state index contributed by atoms with van der Waals surface area (Å²) >= 11 is 0. The van der Waals surface area contributed by atoms with Gasteiger partial charge in [-0.2, -0.15) is 0 Å². The van der Waals surface area contributed by atoms with Crippen molar-refractivity contribution >= 4 is 32.3 Å². The van der Waals surface area contributed by atoms with Crippen LogP contribution in [0.1, 0.15) is 18.9 Å². The van der Waals surface area contributed by atoms with Gasteiger partial charge < -0.3 is 0 Å². The Bertz CT molecular complexity index is 2290. The molecule has 4 aromatic heterocycles. The van der Waals surface area contributed by atoms with Crippen LogP contribution in [0.5, 0.6) is 0 Å². The van der Waals surface area contributed by atoms with Crippen LogP contribution in [0.2, 0.25) is 0 Å². The van der Waals surface area contributed by atoms with Crippen LogP contribution in [0.15, 0.2) is 178 Å². The van der Waals surface area contributed by atoms with Crippen molar-refractivity contribution in [1.82, 2.24) is 19.9 Å². The smallest absolute Gasteiger partial charge is 0.0703 e. The second kappa shape index (κ2) is 16.0. The van der Waals surface area contributed by atoms with Gasteiger partial charge in [0, 0.05) is 60.1 Å². The fraction of sp³-hybridized carbons (Fsp3) is 0.0667. The largest absolute Gasteiger partial charge is 0.265 e. The van der Waals surface area contributed by atoms with Crippen molar-refractivity contribution in [3.63, 3.8) is 0 Å². The van der Waals surface area contributed by atoms with Gasteiger partial charge in [0.25, 0.3) is 0 Å². The highest BCUT2D eigenvalue weighted by Gasteiger charge is 2.15. The van der Waals surface area contributed by atoms with Crippen LogP contribution < -0.4 is 0 Å². The normalized spacial score (nSPS) is 10.8. The minimum atomic E-state index is 0.949. The number of aryl methyl sites for hydroxylation is 1. The average Bonchev–Trinajstić information content (AvgIpc) is 3.17. The van der Waals surface area contributed by atoms with Crippen molar-refractivity contribution in [3.05, 3.63) is 183 Å². The molecule has 8 aromatic rings. The van der Waals surface area contributed by atoms with Gasteiger partial charge in [-0.1, -0.05) is 97.6 Å². The Morgan fingerprint density at radius 3 is 1.73 bits per heavy atom. The van der Waals surface area contributed by atoms with Crippen molar-refractivity contribution in [2.75, 3.05) is 0 Å². The predicted octanol–water partition coefficient (Wildman–Crippen LogP) is 11.7. The Kier molecular flexibility index (Phi) is 10.7. The lowest BCUT2D eigenvalue weighted by Crippen LogP contribution is -1.90. The first-order valence-electron chi connectivity index (χ1n) is 16.4. The number of hydrogen-bond acceptors (Lipinski definition) is 4. The summed E-state index contributed by atoms with van der Waals surface area (Å²) in [5.41, 5.74) is 7.96. The van der Waals surface area contributed by atoms with E-state index in [-0.39, 0.29) is 0 Å². The third-order valence-corrected chi connectivity index (χ3v) is 8.28. The third kappa shape index (κ3) is 7.50. The summed E-state index contributed by atoms with van der Waals surface area (Å²) in [6.45, 7) is 8.86. The van der Waals surface area contributed by atoms with E-state index in [1.54, 1.807) is 30.7 Å². The maximum absolute atomic E-state index is 4.75. The van der Waals surface area contributed by atoms with Crippen LogP contribution in [-0.4, -0.2) is 19.9 Å². The summed E-state index contributed by atoms with van der Waals surface area (Å²) in [5, 5.41) is 7.62. The standard InChI is InChI=1S/C31H19N3.C11H13N.C3H6/c1-2-23(18-33-15-1)25-8-3-21-6-11-28-26(9-4-22-5-10-27(25)30(21)31(22)28)24-7-12-29(34-19-24)20-13-16-32-17-14-20;1-2-3-4-5-7-11-8-6-9-12-10-11;1-3-2/h1-19H;2-4,6,8-10H,1,5,7H2;3H,1H2,2H3/b;4-3-;. The van der Waals surface area contributed by atoms with E-state index in [0.29, 0.717) is 0 Å². The fourth-order valence-corrected chi connectivity index (χ4v) is 6.06. The van der Waals surface area contributed by atoms with Crippen LogP contribution in [0, 0.1) is 0 Å². The lowest BCUT2D eigenvalue weighted by Gasteiger charge is -2.16. The number of hydrogen-bond donors (Lipinski definition) is 0. The molecule has 0 radical (unpaired) electrons. The van der Waals surface area contributed by atoms with Crippen molar-refractivity contribution in [1.29, 1.82) is 0 Å². The summed E-state index contributed by atoms with van der Waals surface area (Å²) in [6.07, 6.45) is 22.8. The monoisotopic (exact) mass is 634 g/mol. The molecule has 4 nitrogen and oxygen atoms in total. The molecule has 0 unspecified atom stereocenters. The molecule has 238 valence electrons. The van der Waals surface area contributed by atoms with Crippen molar-refractivity contribution < 1.29 is 0 Å². The minimum absolute atomic E-state index is 0.949. The van der Waals surface area contributed by atoms with Crippen molar-refractivity contribution in [2.24, 2.45) is 0 Å². The van der Waals surface area contributed by atoms with Gasteiger partial charge in [-0.3, -0.25) is 19.9 Å². The molecule has 0 bridgehead atoms. The molecule has 4 aromatic carbocycles. The van der Waals surface area contributed by atoms with Crippen LogP contribution in [-0.2, 0) is 6.42 Å². The SMILES string of the molecule is C=C/C=C\CCc1cccnc1.C=CC.c1cncc(-c2ccc3ccc4c(-c5ccc(-c6ccncc6)nc5)ccc5ccc2c3c54)c1. The van der Waals surface area contributed by atoms with Crippen LogP contribution >= 0.6 is 0 Å². The Morgan fingerprint density at radius 2 is 1.18 bits per heavy atom. The number of nitrogens with zero attached hydrogens (tertiary/aromatic N) is 4. The molecule has 0 saturated heterocycles. The molecule has 0 amide bonds. The molecular formula is C45H38N4. The molecule has 0 N–H and O–H groups in total. The van der Waals surface area contributed by atoms with Crippen LogP contribution in [0.25, 0.3) is 65.8 Å². The molecular weight excluding hydrogens is 597 g/mol. The van der Waals surface area contributed by atoms with E-state index in [2.05, 4.69) is 107 Å². The summed E-state index contributed by atoms with van der Waals surface area (Å²) in [4.78, 5) is 17.2. The molecule has 4 heterocycles. The maximum atomic E-state index is 4.75. The van der Waals surface area contributed by atoms with Crippen LogP contribution in [0.3, 0.4) is 0 Å². The van der Waals surface area contributed by atoms with Gasteiger partial charge in [-0.05, 0) is 99.1 Å². The molecule has 0 aliphatic carbocycles. The zero-order valence-electron chi connectivity index (χ0n) is 27.7. The highest BCUT2D eigenvalue weighted by atomic mass is 14.7. The minimum Gasteiger partial charge on any atom is -0.265 e. The molecule has 0 saturated carbocycles. The first-order valence-corrected chi connectivity index (χ1v) is 16.4. The number of benzene rings is 4. The van der Waals surface area contributed by atoms with E-state index < -0.39 is 0 Å². The maximum Gasteiger partial charge on any atom is 0.0703 e. The summed E-state index contributed by atoms with van der Waals surface area (Å²) in [7, 11) is 0. The zero-order valence-corrected chi connectivity index (χ0v) is 27.7. The Balaban J connectivity index is 0.000000234. The fourth-order valence-electron chi connectivity index (χ4n) is 6.06. The predicted molar refractivity (Wildman–Crippen MR) is 208 cm³/mol. The average molecular weight is 635 g/mol. The number of rotatable bonds is 7. The van der Waals surface area contributed by atoms with Gasteiger partial charge in [0.05, 0.1) is 5.69 Å². The summed E-state index contributed by atoms with van der Waals surface area (Å²) < 4.78 is 0. The van der Waals surface area contributed by atoms with E-state index in [1.807, 2.05) is 62.1 Å². The Hall–Kier alpha value is -6.26. The molecule has 4 heteroatoms. The number of allylic oxidation sites excluding steroid dienone is 4. The lowest BCUT2D eigenvalue weighted by molar-refractivity contribution is 0.987. The molecule has 0 aliphatic heterocycles. The number of aromatic nitrogens is 4. The van der Waals surface area contributed by atoms with Gasteiger partial charge in [-0.15, -0.1) is 6.58 Å². The van der Waals surface area contributed by atoms with E-state index >= 15 is 0 Å². The second-order valence-electron chi connectivity index (χ2n) is 11.5. The molecule has 49 heavy (non-hydrogen) atoms. The highest BCUT2D eigenvalue weighted by molar-refractivity contribution is 6.27. The first kappa shape index (κ1) is 32.7. The quantitative estimate of drug-likeness (QED) is 0.0994. The molecule has 0 aliphatic rings. The second-order valence-corrected chi connectivity index (χ2v) is 11.5. The first-order chi connectivity index (χ1) is 24.2. The van der Waals surface area contributed by atoms with Gasteiger partial charge in [0.15, 0.2) is 0 Å². The Morgan fingerprint density at radius 1 is 0.571 bits per heavy atom. The van der Waals surface area contributed by atoms with E-state index in [1.165, 1.54) is 49.0 Å². The van der Waals surface area contributed by atoms with Gasteiger partial charge in [0.1, 0.15) is 0 Å². The molecule has 0 atom stereocenters. The molecule has 0 spiro atoms. The molecule has 8 rings (SSSR count). The van der Waals surface area contributed by atoms with E-state index in [0.717, 1.165) is 35.2 Å². The highest BCUT2D eigenvalue weighted by Crippen LogP contribution is 2.42. The zero-order chi connectivity index (χ0) is 33.8. The summed E-state index contributed by atoms with van der Waals surface area (Å²) in [6, 6.07) is 34.2. The molecule has 0 fully saturated rings. The Labute approximate surface area is 288 Å². The third-order valence-electron chi connectivity index (χ3n) is 8.28. The van der Waals surface area contributed by atoms with E-state index in [9.17, 15) is 0 Å². The topological polar surface area (TPSA) is 51.6 Å². The van der Waals surface area contributed by atoms with Crippen molar-refractivity contribution in [2.45, 2.75) is 19.8 Å².